The number of hydrogen-bond donors (Lipinski definition) is 1. The number of carbonyl (C=O) groups excluding carboxylic acids is 1. The Bertz CT molecular complexity index is 1780. The van der Waals surface area contributed by atoms with E-state index in [0.717, 1.165) is 84.2 Å². The Hall–Kier alpha value is -2.55. The molecule has 7 atom stereocenters. The molecular weight excluding hydrogens is 615 g/mol. The van der Waals surface area contributed by atoms with E-state index >= 15 is 0 Å². The lowest BCUT2D eigenvalue weighted by Crippen LogP contribution is -2.65. The standard InChI is InChI=1S/C45H63N3O2/c1-40(2)19-21-45(39(49)50-8)22-20-43(6)33(34(45)30-40)15-16-37-42(5)29-32-31-13-9-10-14-35(31)48(26-12-11-25-47-27-23-46-24-28-47)38(32)41(3,4)36(42)17-18-44(37,43)7/h9-10,13-15,34,36-37,46H,16-30H2,1-8H3/t34-,36-,37+,42-,43+,44+,45-/m0/s1. The van der Waals surface area contributed by atoms with Gasteiger partial charge >= 0.3 is 5.97 Å². The van der Waals surface area contributed by atoms with Crippen LogP contribution < -0.4 is 5.32 Å². The summed E-state index contributed by atoms with van der Waals surface area (Å²) in [6.07, 6.45) is 12.7. The van der Waals surface area contributed by atoms with Gasteiger partial charge in [-0.05, 0) is 109 Å². The molecule has 2 heterocycles. The maximum atomic E-state index is 13.7. The summed E-state index contributed by atoms with van der Waals surface area (Å²) < 4.78 is 8.23. The Morgan fingerprint density at radius 2 is 1.64 bits per heavy atom. The third-order valence-electron chi connectivity index (χ3n) is 16.5. The largest absolute Gasteiger partial charge is 0.469 e. The van der Waals surface area contributed by atoms with E-state index in [0.29, 0.717) is 17.8 Å². The third kappa shape index (κ3) is 4.75. The van der Waals surface area contributed by atoms with Crippen LogP contribution in [0.1, 0.15) is 111 Å². The first-order chi connectivity index (χ1) is 23.7. The Morgan fingerprint density at radius 1 is 0.920 bits per heavy atom. The number of carbonyl (C=O) groups is 1. The van der Waals surface area contributed by atoms with Crippen LogP contribution in [-0.2, 0) is 27.9 Å². The molecule has 5 nitrogen and oxygen atoms in total. The van der Waals surface area contributed by atoms with Gasteiger partial charge in [0, 0.05) is 48.2 Å². The summed E-state index contributed by atoms with van der Waals surface area (Å²) >= 11 is 0. The highest BCUT2D eigenvalue weighted by atomic mass is 16.5. The number of benzene rings is 1. The van der Waals surface area contributed by atoms with Crippen LogP contribution in [0.4, 0.5) is 0 Å². The molecule has 0 unspecified atom stereocenters. The zero-order valence-electron chi connectivity index (χ0n) is 32.4. The normalized spacial score (nSPS) is 38.6. The van der Waals surface area contributed by atoms with E-state index in [1.807, 2.05) is 0 Å². The van der Waals surface area contributed by atoms with Crippen LogP contribution >= 0.6 is 0 Å². The molecule has 6 aliphatic rings. The van der Waals surface area contributed by atoms with Gasteiger partial charge in [0.1, 0.15) is 0 Å². The zero-order chi connectivity index (χ0) is 35.3. The molecule has 1 N–H and O–H groups in total. The average Bonchev–Trinajstić information content (AvgIpc) is 3.40. The first kappa shape index (κ1) is 34.5. The maximum Gasteiger partial charge on any atom is 0.312 e. The van der Waals surface area contributed by atoms with Crippen molar-refractivity contribution < 1.29 is 9.53 Å². The lowest BCUT2D eigenvalue weighted by molar-refractivity contribution is -0.179. The summed E-state index contributed by atoms with van der Waals surface area (Å²) in [4.78, 5) is 16.2. The predicted molar refractivity (Wildman–Crippen MR) is 204 cm³/mol. The summed E-state index contributed by atoms with van der Waals surface area (Å²) in [5.74, 6) is 8.74. The molecular formula is C45H63N3O2. The monoisotopic (exact) mass is 677 g/mol. The van der Waals surface area contributed by atoms with Crippen LogP contribution in [0.25, 0.3) is 10.9 Å². The first-order valence-corrected chi connectivity index (χ1v) is 20.0. The Labute approximate surface area is 302 Å². The van der Waals surface area contributed by atoms with E-state index in [1.54, 1.807) is 23.9 Å². The maximum absolute atomic E-state index is 13.7. The molecule has 0 amide bonds. The lowest BCUT2D eigenvalue weighted by Gasteiger charge is -2.70. The molecule has 270 valence electrons. The van der Waals surface area contributed by atoms with Crippen molar-refractivity contribution in [3.63, 3.8) is 0 Å². The summed E-state index contributed by atoms with van der Waals surface area (Å²) in [6, 6.07) is 9.19. The van der Waals surface area contributed by atoms with Crippen molar-refractivity contribution in [2.45, 2.75) is 118 Å². The van der Waals surface area contributed by atoms with Gasteiger partial charge in [-0.25, -0.2) is 0 Å². The van der Waals surface area contributed by atoms with Crippen LogP contribution in [0.2, 0.25) is 0 Å². The number of nitrogens with one attached hydrogen (secondary N) is 1. The molecule has 4 fully saturated rings. The van der Waals surface area contributed by atoms with Gasteiger partial charge in [0.05, 0.1) is 25.6 Å². The fourth-order valence-corrected chi connectivity index (χ4v) is 13.8. The van der Waals surface area contributed by atoms with Gasteiger partial charge in [-0.15, -0.1) is 0 Å². The molecule has 8 rings (SSSR count). The Morgan fingerprint density at radius 3 is 2.40 bits per heavy atom. The number of rotatable bonds is 3. The Balaban J connectivity index is 1.18. The van der Waals surface area contributed by atoms with Gasteiger partial charge in [0.2, 0.25) is 0 Å². The van der Waals surface area contributed by atoms with E-state index in [2.05, 4.69) is 105 Å². The number of allylic oxidation sites excluding steroid dienone is 2. The number of aromatic nitrogens is 1. The van der Waals surface area contributed by atoms with E-state index in [9.17, 15) is 4.79 Å². The molecule has 2 aromatic rings. The number of piperazine rings is 1. The molecule has 1 saturated heterocycles. The number of hydrogen-bond acceptors (Lipinski definition) is 4. The minimum atomic E-state index is -0.350. The topological polar surface area (TPSA) is 46.5 Å². The summed E-state index contributed by atoms with van der Waals surface area (Å²) in [5, 5.41) is 4.90. The number of ether oxygens (including phenoxy) is 1. The smallest absolute Gasteiger partial charge is 0.312 e. The third-order valence-corrected chi connectivity index (χ3v) is 16.5. The van der Waals surface area contributed by atoms with E-state index in [1.165, 1.54) is 23.7 Å². The number of para-hydroxylation sites is 1. The van der Waals surface area contributed by atoms with Crippen molar-refractivity contribution in [1.29, 1.82) is 0 Å². The molecule has 5 aliphatic carbocycles. The van der Waals surface area contributed by atoms with Gasteiger partial charge in [-0.3, -0.25) is 9.69 Å². The summed E-state index contributed by atoms with van der Waals surface area (Å²) in [5.41, 5.74) is 6.50. The van der Waals surface area contributed by atoms with Crippen molar-refractivity contribution in [3.8, 4) is 11.8 Å². The number of methoxy groups -OCH3 is 1. The minimum Gasteiger partial charge on any atom is -0.469 e. The van der Waals surface area contributed by atoms with Gasteiger partial charge < -0.3 is 14.6 Å². The second-order valence-corrected chi connectivity index (χ2v) is 19.6. The molecule has 5 heteroatoms. The SMILES string of the molecule is COC(=O)[C@]12CCC(C)(C)C[C@H]1C1=CC[C@@H]3[C@@]4(C)Cc5c(n(CC#CCN6CCNCC6)c6ccccc56)C(C)(C)[C@@H]4CC[C@@]3(C)[C@]1(C)CC2. The van der Waals surface area contributed by atoms with Crippen LogP contribution in [0.5, 0.6) is 0 Å². The number of esters is 1. The molecule has 1 aliphatic heterocycles. The van der Waals surface area contributed by atoms with E-state index < -0.39 is 0 Å². The number of fused-ring (bicyclic) bond motifs is 10. The van der Waals surface area contributed by atoms with Crippen LogP contribution in [0.3, 0.4) is 0 Å². The van der Waals surface area contributed by atoms with E-state index in [4.69, 9.17) is 4.74 Å². The molecule has 3 saturated carbocycles. The molecule has 0 radical (unpaired) electrons. The summed E-state index contributed by atoms with van der Waals surface area (Å²) in [7, 11) is 1.62. The van der Waals surface area contributed by atoms with Gasteiger partial charge in [-0.2, -0.15) is 0 Å². The zero-order valence-corrected chi connectivity index (χ0v) is 32.4. The van der Waals surface area contributed by atoms with E-state index in [-0.39, 0.29) is 38.5 Å². The lowest BCUT2D eigenvalue weighted by atomic mass is 9.33. The van der Waals surface area contributed by atoms with Crippen LogP contribution in [0.15, 0.2) is 35.9 Å². The van der Waals surface area contributed by atoms with Crippen molar-refractivity contribution >= 4 is 16.9 Å². The van der Waals surface area contributed by atoms with Crippen molar-refractivity contribution in [2.75, 3.05) is 39.8 Å². The van der Waals surface area contributed by atoms with Crippen LogP contribution in [0, 0.1) is 56.7 Å². The molecule has 0 bridgehead atoms. The molecule has 50 heavy (non-hydrogen) atoms. The first-order valence-electron chi connectivity index (χ1n) is 20.0. The van der Waals surface area contributed by atoms with Gasteiger partial charge in [0.15, 0.2) is 0 Å². The van der Waals surface area contributed by atoms with Gasteiger partial charge in [0.25, 0.3) is 0 Å². The highest BCUT2D eigenvalue weighted by Gasteiger charge is 2.69. The average molecular weight is 678 g/mol. The fourth-order valence-electron chi connectivity index (χ4n) is 13.8. The second-order valence-electron chi connectivity index (χ2n) is 19.6. The quantitative estimate of drug-likeness (QED) is 0.201. The highest BCUT2D eigenvalue weighted by Crippen LogP contribution is 2.75. The number of nitrogens with zero attached hydrogens (tertiary/aromatic N) is 2. The molecule has 1 aromatic carbocycles. The predicted octanol–water partition coefficient (Wildman–Crippen LogP) is 8.54. The second kappa shape index (κ2) is 11.7. The molecule has 1 aromatic heterocycles. The van der Waals surface area contributed by atoms with Gasteiger partial charge in [-0.1, -0.05) is 90.2 Å². The fraction of sp³-hybridized carbons (Fsp3) is 0.711. The van der Waals surface area contributed by atoms with Crippen molar-refractivity contribution in [1.82, 2.24) is 14.8 Å². The van der Waals surface area contributed by atoms with Crippen molar-refractivity contribution in [3.05, 3.63) is 47.2 Å². The minimum absolute atomic E-state index is 0.0355. The summed E-state index contributed by atoms with van der Waals surface area (Å²) in [6.45, 7) is 23.9. The van der Waals surface area contributed by atoms with Crippen LogP contribution in [-0.4, -0.2) is 55.3 Å². The Kier molecular flexibility index (Phi) is 8.10. The van der Waals surface area contributed by atoms with Crippen molar-refractivity contribution in [2.24, 2.45) is 44.8 Å². The molecule has 0 spiro atoms. The highest BCUT2D eigenvalue weighted by molar-refractivity contribution is 5.87.